The number of hydrogen-bond acceptors (Lipinski definition) is 5. The summed E-state index contributed by atoms with van der Waals surface area (Å²) in [6.45, 7) is 5.88. The van der Waals surface area contributed by atoms with Gasteiger partial charge in [-0.2, -0.15) is 0 Å². The SMILES string of the molecule is Cc1ccc2nc(-c3ccc(-c4ccc(N5CCC(CC(=O)N6CCCC6)CC5)nc4)nc3)[nH]c2c1. The lowest BCUT2D eigenvalue weighted by Gasteiger charge is -2.33. The van der Waals surface area contributed by atoms with Crippen molar-refractivity contribution in [3.8, 4) is 22.6 Å². The monoisotopic (exact) mass is 480 g/mol. The molecule has 0 unspecified atom stereocenters. The third-order valence-electron chi connectivity index (χ3n) is 7.58. The van der Waals surface area contributed by atoms with Crippen molar-refractivity contribution in [2.24, 2.45) is 5.92 Å². The molecule has 4 aromatic rings. The van der Waals surface area contributed by atoms with Crippen LogP contribution in [0.3, 0.4) is 0 Å². The average molecular weight is 481 g/mol. The summed E-state index contributed by atoms with van der Waals surface area (Å²) >= 11 is 0. The number of nitrogens with zero attached hydrogens (tertiary/aromatic N) is 5. The molecule has 7 nitrogen and oxygen atoms in total. The number of aromatic amines is 1. The number of piperidine rings is 1. The normalized spacial score (nSPS) is 16.7. The molecule has 0 saturated carbocycles. The fourth-order valence-electron chi connectivity index (χ4n) is 5.40. The summed E-state index contributed by atoms with van der Waals surface area (Å²) in [5.41, 5.74) is 6.06. The molecule has 2 aliphatic rings. The highest BCUT2D eigenvalue weighted by atomic mass is 16.2. The van der Waals surface area contributed by atoms with Crippen LogP contribution in [0.2, 0.25) is 0 Å². The number of likely N-dealkylation sites (tertiary alicyclic amines) is 1. The first-order valence-electron chi connectivity index (χ1n) is 13.0. The molecule has 0 spiro atoms. The van der Waals surface area contributed by atoms with Gasteiger partial charge < -0.3 is 14.8 Å². The van der Waals surface area contributed by atoms with E-state index in [1.54, 1.807) is 0 Å². The lowest BCUT2D eigenvalue weighted by Crippen LogP contribution is -2.37. The van der Waals surface area contributed by atoms with Crippen molar-refractivity contribution in [1.29, 1.82) is 0 Å². The number of H-pyrrole nitrogens is 1. The van der Waals surface area contributed by atoms with Gasteiger partial charge in [-0.25, -0.2) is 9.97 Å². The zero-order valence-electron chi connectivity index (χ0n) is 20.8. The second-order valence-electron chi connectivity index (χ2n) is 10.2. The number of hydrogen-bond donors (Lipinski definition) is 1. The quantitative estimate of drug-likeness (QED) is 0.424. The minimum absolute atomic E-state index is 0.349. The number of aromatic nitrogens is 4. The molecule has 1 amide bonds. The van der Waals surface area contributed by atoms with Gasteiger partial charge in [0.2, 0.25) is 5.91 Å². The number of amides is 1. The molecule has 6 rings (SSSR count). The average Bonchev–Trinajstić information content (AvgIpc) is 3.60. The summed E-state index contributed by atoms with van der Waals surface area (Å²) < 4.78 is 0. The van der Waals surface area contributed by atoms with Crippen LogP contribution in [0.4, 0.5) is 5.82 Å². The first-order valence-corrected chi connectivity index (χ1v) is 13.0. The number of carbonyl (C=O) groups excluding carboxylic acids is 1. The van der Waals surface area contributed by atoms with Crippen LogP contribution in [-0.2, 0) is 4.79 Å². The summed E-state index contributed by atoms with van der Waals surface area (Å²) in [5, 5.41) is 0. The standard InChI is InChI=1S/C29H32N6O/c1-20-4-7-25-26(16-20)33-29(32-25)23-5-8-24(30-19-23)22-6-9-27(31-18-22)34-14-10-21(11-15-34)17-28(36)35-12-2-3-13-35/h4-9,16,18-19,21H,2-3,10-15,17H2,1H3,(H,32,33). The molecule has 3 aromatic heterocycles. The third kappa shape index (κ3) is 4.70. The van der Waals surface area contributed by atoms with Crippen molar-refractivity contribution in [1.82, 2.24) is 24.8 Å². The van der Waals surface area contributed by atoms with Gasteiger partial charge in [0.15, 0.2) is 0 Å². The molecule has 2 fully saturated rings. The molecular formula is C29H32N6O. The second kappa shape index (κ2) is 9.72. The number of imidazole rings is 1. The lowest BCUT2D eigenvalue weighted by molar-refractivity contribution is -0.131. The van der Waals surface area contributed by atoms with Crippen LogP contribution in [0.5, 0.6) is 0 Å². The van der Waals surface area contributed by atoms with Crippen molar-refractivity contribution in [3.05, 3.63) is 60.4 Å². The number of aryl methyl sites for hydroxylation is 1. The molecule has 1 aromatic carbocycles. The van der Waals surface area contributed by atoms with E-state index in [1.165, 1.54) is 5.56 Å². The molecule has 7 heteroatoms. The van der Waals surface area contributed by atoms with E-state index < -0.39 is 0 Å². The number of pyridine rings is 2. The summed E-state index contributed by atoms with van der Waals surface area (Å²) in [4.78, 5) is 34.4. The number of benzene rings is 1. The summed E-state index contributed by atoms with van der Waals surface area (Å²) in [5.74, 6) is 2.67. The predicted molar refractivity (Wildman–Crippen MR) is 143 cm³/mol. The third-order valence-corrected chi connectivity index (χ3v) is 7.58. The van der Waals surface area contributed by atoms with E-state index in [1.807, 2.05) is 29.4 Å². The fraction of sp³-hybridized carbons (Fsp3) is 0.379. The maximum Gasteiger partial charge on any atom is 0.222 e. The van der Waals surface area contributed by atoms with E-state index in [9.17, 15) is 4.79 Å². The molecule has 0 radical (unpaired) electrons. The van der Waals surface area contributed by atoms with E-state index in [4.69, 9.17) is 9.97 Å². The summed E-state index contributed by atoms with van der Waals surface area (Å²) in [7, 11) is 0. The Kier molecular flexibility index (Phi) is 6.13. The lowest BCUT2D eigenvalue weighted by atomic mass is 9.93. The number of fused-ring (bicyclic) bond motifs is 1. The summed E-state index contributed by atoms with van der Waals surface area (Å²) in [6, 6.07) is 14.5. The highest BCUT2D eigenvalue weighted by Crippen LogP contribution is 2.27. The van der Waals surface area contributed by atoms with Gasteiger partial charge in [-0.05, 0) is 80.5 Å². The van der Waals surface area contributed by atoms with Crippen molar-refractivity contribution in [2.45, 2.75) is 39.0 Å². The van der Waals surface area contributed by atoms with Crippen LogP contribution in [0.1, 0.15) is 37.7 Å². The van der Waals surface area contributed by atoms with E-state index >= 15 is 0 Å². The molecule has 0 atom stereocenters. The Labute approximate surface area is 211 Å². The van der Waals surface area contributed by atoms with E-state index in [2.05, 4.69) is 52.1 Å². The van der Waals surface area contributed by atoms with Crippen LogP contribution >= 0.6 is 0 Å². The van der Waals surface area contributed by atoms with E-state index in [0.29, 0.717) is 18.2 Å². The minimum Gasteiger partial charge on any atom is -0.357 e. The van der Waals surface area contributed by atoms with Gasteiger partial charge >= 0.3 is 0 Å². The van der Waals surface area contributed by atoms with Gasteiger partial charge in [0.1, 0.15) is 11.6 Å². The largest absolute Gasteiger partial charge is 0.357 e. The molecule has 5 heterocycles. The zero-order chi connectivity index (χ0) is 24.5. The molecule has 1 N–H and O–H groups in total. The van der Waals surface area contributed by atoms with Crippen LogP contribution in [0.25, 0.3) is 33.7 Å². The number of carbonyl (C=O) groups is 1. The van der Waals surface area contributed by atoms with Gasteiger partial charge in [0.05, 0.1) is 16.7 Å². The summed E-state index contributed by atoms with van der Waals surface area (Å²) in [6.07, 6.45) is 8.89. The minimum atomic E-state index is 0.349. The molecule has 0 aliphatic carbocycles. The Morgan fingerprint density at radius 2 is 1.72 bits per heavy atom. The zero-order valence-corrected chi connectivity index (χ0v) is 20.8. The Hall–Kier alpha value is -3.74. The van der Waals surface area contributed by atoms with Crippen LogP contribution in [-0.4, -0.2) is 56.9 Å². The first kappa shape index (κ1) is 22.7. The first-order chi connectivity index (χ1) is 17.6. The Balaban J connectivity index is 1.07. The maximum atomic E-state index is 12.5. The van der Waals surface area contributed by atoms with Gasteiger partial charge in [-0.1, -0.05) is 6.07 Å². The number of nitrogens with one attached hydrogen (secondary N) is 1. The molecule has 184 valence electrons. The number of rotatable bonds is 5. The fourth-order valence-corrected chi connectivity index (χ4v) is 5.40. The number of anilines is 1. The van der Waals surface area contributed by atoms with Crippen molar-refractivity contribution in [3.63, 3.8) is 0 Å². The maximum absolute atomic E-state index is 12.5. The molecule has 2 aliphatic heterocycles. The molecule has 2 saturated heterocycles. The van der Waals surface area contributed by atoms with Gasteiger partial charge in [-0.3, -0.25) is 9.78 Å². The van der Waals surface area contributed by atoms with Crippen molar-refractivity contribution in [2.75, 3.05) is 31.1 Å². The molecular weight excluding hydrogens is 448 g/mol. The Morgan fingerprint density at radius 1 is 0.944 bits per heavy atom. The van der Waals surface area contributed by atoms with Crippen LogP contribution in [0.15, 0.2) is 54.9 Å². The molecule has 0 bridgehead atoms. The topological polar surface area (TPSA) is 78.0 Å². The van der Waals surface area contributed by atoms with Crippen LogP contribution < -0.4 is 4.90 Å². The Morgan fingerprint density at radius 3 is 2.44 bits per heavy atom. The van der Waals surface area contributed by atoms with Crippen molar-refractivity contribution >= 4 is 22.8 Å². The van der Waals surface area contributed by atoms with Gasteiger partial charge in [0.25, 0.3) is 0 Å². The van der Waals surface area contributed by atoms with E-state index in [-0.39, 0.29) is 0 Å². The van der Waals surface area contributed by atoms with Crippen molar-refractivity contribution < 1.29 is 4.79 Å². The second-order valence-corrected chi connectivity index (χ2v) is 10.2. The van der Waals surface area contributed by atoms with Gasteiger partial charge in [0, 0.05) is 56.1 Å². The predicted octanol–water partition coefficient (Wildman–Crippen LogP) is 5.22. The smallest absolute Gasteiger partial charge is 0.222 e. The highest BCUT2D eigenvalue weighted by Gasteiger charge is 2.25. The van der Waals surface area contributed by atoms with Crippen LogP contribution in [0, 0.1) is 12.8 Å². The highest BCUT2D eigenvalue weighted by molar-refractivity contribution is 5.80. The van der Waals surface area contributed by atoms with Gasteiger partial charge in [-0.15, -0.1) is 0 Å². The Bertz CT molecular complexity index is 1350. The van der Waals surface area contributed by atoms with E-state index in [0.717, 1.165) is 91.4 Å². The molecule has 36 heavy (non-hydrogen) atoms.